The lowest BCUT2D eigenvalue weighted by Crippen LogP contribution is -2.44. The van der Waals surface area contributed by atoms with E-state index in [2.05, 4.69) is 10.6 Å². The number of rotatable bonds is 7. The van der Waals surface area contributed by atoms with E-state index in [1.54, 1.807) is 11.8 Å². The SMILES string of the molecule is CC(OC(=O)C1CCN(C(=O)Nc2ccccc2)CC1)C(=O)NCC(C)c1ccccc1. The number of urea groups is 1. The largest absolute Gasteiger partial charge is 0.452 e. The predicted molar refractivity (Wildman–Crippen MR) is 123 cm³/mol. The zero-order chi connectivity index (χ0) is 22.9. The van der Waals surface area contributed by atoms with Crippen molar-refractivity contribution in [2.24, 2.45) is 5.92 Å². The quantitative estimate of drug-likeness (QED) is 0.646. The third-order valence-electron chi connectivity index (χ3n) is 5.75. The fraction of sp³-hybridized carbons (Fsp3) is 0.400. The second-order valence-electron chi connectivity index (χ2n) is 8.19. The highest BCUT2D eigenvalue weighted by atomic mass is 16.5. The number of esters is 1. The maximum Gasteiger partial charge on any atom is 0.321 e. The van der Waals surface area contributed by atoms with E-state index >= 15 is 0 Å². The summed E-state index contributed by atoms with van der Waals surface area (Å²) in [5, 5.41) is 5.71. The van der Waals surface area contributed by atoms with Crippen LogP contribution < -0.4 is 10.6 Å². The maximum atomic E-state index is 12.5. The summed E-state index contributed by atoms with van der Waals surface area (Å²) in [5.41, 5.74) is 1.88. The van der Waals surface area contributed by atoms with Gasteiger partial charge in [0.05, 0.1) is 5.92 Å². The molecule has 3 rings (SSSR count). The van der Waals surface area contributed by atoms with Crippen molar-refractivity contribution in [3.63, 3.8) is 0 Å². The first kappa shape index (κ1) is 23.3. The van der Waals surface area contributed by atoms with Crippen LogP contribution in [-0.4, -0.2) is 48.5 Å². The van der Waals surface area contributed by atoms with Crippen molar-refractivity contribution >= 4 is 23.6 Å². The van der Waals surface area contributed by atoms with Crippen LogP contribution in [-0.2, 0) is 14.3 Å². The molecule has 2 N–H and O–H groups in total. The molecule has 1 fully saturated rings. The number of amides is 3. The maximum absolute atomic E-state index is 12.5. The molecule has 1 aliphatic heterocycles. The van der Waals surface area contributed by atoms with Crippen molar-refractivity contribution in [3.05, 3.63) is 66.2 Å². The fourth-order valence-electron chi connectivity index (χ4n) is 3.66. The number of para-hydroxylation sites is 1. The highest BCUT2D eigenvalue weighted by Gasteiger charge is 2.30. The number of hydrogen-bond acceptors (Lipinski definition) is 4. The van der Waals surface area contributed by atoms with Gasteiger partial charge in [0.25, 0.3) is 5.91 Å². The molecular weight excluding hydrogens is 406 g/mol. The molecule has 7 nitrogen and oxygen atoms in total. The van der Waals surface area contributed by atoms with Crippen molar-refractivity contribution in [1.29, 1.82) is 0 Å². The molecule has 170 valence electrons. The molecule has 1 heterocycles. The highest BCUT2D eigenvalue weighted by Crippen LogP contribution is 2.20. The Kier molecular flexibility index (Phi) is 8.25. The van der Waals surface area contributed by atoms with Gasteiger partial charge in [-0.3, -0.25) is 9.59 Å². The number of ether oxygens (including phenoxy) is 1. The summed E-state index contributed by atoms with van der Waals surface area (Å²) < 4.78 is 5.41. The predicted octanol–water partition coefficient (Wildman–Crippen LogP) is 3.78. The van der Waals surface area contributed by atoms with Gasteiger partial charge in [-0.1, -0.05) is 55.5 Å². The Hall–Kier alpha value is -3.35. The fourth-order valence-corrected chi connectivity index (χ4v) is 3.66. The molecule has 1 saturated heterocycles. The van der Waals surface area contributed by atoms with E-state index in [-0.39, 0.29) is 29.7 Å². The Morgan fingerprint density at radius 1 is 0.969 bits per heavy atom. The van der Waals surface area contributed by atoms with E-state index in [1.165, 1.54) is 0 Å². The number of carbonyl (C=O) groups excluding carboxylic acids is 3. The van der Waals surface area contributed by atoms with Gasteiger partial charge in [-0.15, -0.1) is 0 Å². The molecule has 2 aromatic rings. The van der Waals surface area contributed by atoms with E-state index in [1.807, 2.05) is 67.6 Å². The molecule has 2 aromatic carbocycles. The minimum Gasteiger partial charge on any atom is -0.452 e. The minimum absolute atomic E-state index is 0.161. The topological polar surface area (TPSA) is 87.7 Å². The van der Waals surface area contributed by atoms with Crippen LogP contribution in [0, 0.1) is 5.92 Å². The molecule has 0 saturated carbocycles. The summed E-state index contributed by atoms with van der Waals surface area (Å²) in [6, 6.07) is 19.0. The Morgan fingerprint density at radius 2 is 1.56 bits per heavy atom. The minimum atomic E-state index is -0.857. The van der Waals surface area contributed by atoms with E-state index in [0.717, 1.165) is 11.3 Å². The number of nitrogens with zero attached hydrogens (tertiary/aromatic N) is 1. The van der Waals surface area contributed by atoms with Crippen molar-refractivity contribution in [2.75, 3.05) is 25.0 Å². The van der Waals surface area contributed by atoms with E-state index in [9.17, 15) is 14.4 Å². The molecule has 1 aliphatic rings. The van der Waals surface area contributed by atoms with E-state index in [0.29, 0.717) is 32.5 Å². The van der Waals surface area contributed by atoms with Gasteiger partial charge >= 0.3 is 12.0 Å². The number of likely N-dealkylation sites (tertiary alicyclic amines) is 1. The number of nitrogens with one attached hydrogen (secondary N) is 2. The number of carbonyl (C=O) groups is 3. The second-order valence-corrected chi connectivity index (χ2v) is 8.19. The molecule has 2 atom stereocenters. The number of hydrogen-bond donors (Lipinski definition) is 2. The van der Waals surface area contributed by atoms with Crippen molar-refractivity contribution in [1.82, 2.24) is 10.2 Å². The van der Waals surface area contributed by atoms with Gasteiger partial charge < -0.3 is 20.3 Å². The van der Waals surface area contributed by atoms with Crippen LogP contribution in [0.2, 0.25) is 0 Å². The Bertz CT molecular complexity index is 896. The second kappa shape index (κ2) is 11.3. The Morgan fingerprint density at radius 3 is 2.19 bits per heavy atom. The van der Waals surface area contributed by atoms with Crippen LogP contribution in [0.15, 0.2) is 60.7 Å². The Labute approximate surface area is 189 Å². The van der Waals surface area contributed by atoms with Gasteiger partial charge in [0.1, 0.15) is 0 Å². The molecule has 0 bridgehead atoms. The summed E-state index contributed by atoms with van der Waals surface area (Å²) in [5.74, 6) is -0.837. The molecular formula is C25H31N3O4. The van der Waals surface area contributed by atoms with Crippen LogP contribution in [0.5, 0.6) is 0 Å². The zero-order valence-electron chi connectivity index (χ0n) is 18.6. The summed E-state index contributed by atoms with van der Waals surface area (Å²) in [4.78, 5) is 39.0. The third-order valence-corrected chi connectivity index (χ3v) is 5.75. The summed E-state index contributed by atoms with van der Waals surface area (Å²) in [7, 11) is 0. The normalized spacial score (nSPS) is 16.0. The van der Waals surface area contributed by atoms with Crippen LogP contribution >= 0.6 is 0 Å². The molecule has 32 heavy (non-hydrogen) atoms. The Balaban J connectivity index is 1.39. The standard InChI is InChI=1S/C25H31N3O4/c1-18(20-9-5-3-6-10-20)17-26-23(29)19(2)32-24(30)21-13-15-28(16-14-21)25(31)27-22-11-7-4-8-12-22/h3-12,18-19,21H,13-17H2,1-2H3,(H,26,29)(H,27,31). The summed E-state index contributed by atoms with van der Waals surface area (Å²) >= 11 is 0. The lowest BCUT2D eigenvalue weighted by molar-refractivity contribution is -0.160. The number of benzene rings is 2. The molecule has 2 unspecified atom stereocenters. The van der Waals surface area contributed by atoms with Crippen LogP contribution in [0.4, 0.5) is 10.5 Å². The molecule has 0 spiro atoms. The number of anilines is 1. The van der Waals surface area contributed by atoms with Crippen LogP contribution in [0.25, 0.3) is 0 Å². The van der Waals surface area contributed by atoms with Crippen molar-refractivity contribution in [3.8, 4) is 0 Å². The van der Waals surface area contributed by atoms with Crippen LogP contribution in [0.1, 0.15) is 38.2 Å². The van der Waals surface area contributed by atoms with Gasteiger partial charge in [-0.25, -0.2) is 4.79 Å². The van der Waals surface area contributed by atoms with Gasteiger partial charge in [-0.2, -0.15) is 0 Å². The van der Waals surface area contributed by atoms with E-state index in [4.69, 9.17) is 4.74 Å². The van der Waals surface area contributed by atoms with E-state index < -0.39 is 6.10 Å². The molecule has 0 radical (unpaired) electrons. The van der Waals surface area contributed by atoms with Crippen molar-refractivity contribution in [2.45, 2.75) is 38.7 Å². The lowest BCUT2D eigenvalue weighted by Gasteiger charge is -2.31. The highest BCUT2D eigenvalue weighted by molar-refractivity contribution is 5.89. The van der Waals surface area contributed by atoms with Crippen LogP contribution in [0.3, 0.4) is 0 Å². The smallest absolute Gasteiger partial charge is 0.321 e. The molecule has 7 heteroatoms. The zero-order valence-corrected chi connectivity index (χ0v) is 18.6. The van der Waals surface area contributed by atoms with Gasteiger partial charge in [0.15, 0.2) is 6.10 Å². The van der Waals surface area contributed by atoms with Gasteiger partial charge in [-0.05, 0) is 43.4 Å². The molecule has 0 aliphatic carbocycles. The number of piperidine rings is 1. The summed E-state index contributed by atoms with van der Waals surface area (Å²) in [6.45, 7) is 5.03. The first-order valence-electron chi connectivity index (χ1n) is 11.1. The average molecular weight is 438 g/mol. The average Bonchev–Trinajstić information content (AvgIpc) is 2.83. The first-order valence-corrected chi connectivity index (χ1v) is 11.1. The lowest BCUT2D eigenvalue weighted by atomic mass is 9.97. The molecule has 3 amide bonds. The van der Waals surface area contributed by atoms with Crippen molar-refractivity contribution < 1.29 is 19.1 Å². The first-order chi connectivity index (χ1) is 15.4. The third kappa shape index (κ3) is 6.57. The summed E-state index contributed by atoms with van der Waals surface area (Å²) in [6.07, 6.45) is 0.172. The van der Waals surface area contributed by atoms with Gasteiger partial charge in [0, 0.05) is 25.3 Å². The molecule has 0 aromatic heterocycles. The monoisotopic (exact) mass is 437 g/mol. The van der Waals surface area contributed by atoms with Gasteiger partial charge in [0.2, 0.25) is 0 Å².